The van der Waals surface area contributed by atoms with Crippen LogP contribution in [0.5, 0.6) is 0 Å². The molecule has 10 aromatic rings. The van der Waals surface area contributed by atoms with E-state index in [9.17, 15) is 0 Å². The molecule has 4 nitrogen and oxygen atoms in total. The summed E-state index contributed by atoms with van der Waals surface area (Å²) in [5.74, 6) is 0.684. The summed E-state index contributed by atoms with van der Waals surface area (Å²) < 4.78 is 4.74. The number of aromatic nitrogens is 4. The summed E-state index contributed by atoms with van der Waals surface area (Å²) in [6, 6.07) is 45.5. The maximum Gasteiger partial charge on any atom is 0.235 e. The van der Waals surface area contributed by atoms with Crippen LogP contribution in [0.1, 0.15) is 5.56 Å². The van der Waals surface area contributed by atoms with Crippen LogP contribution in [-0.4, -0.2) is 18.9 Å². The van der Waals surface area contributed by atoms with E-state index >= 15 is 0 Å². The SMILES string of the molecule is Cc1cccc(-c2nc(-n3c4ccccc4c4cc5c6ccccc6n6c7ccccc7c(c43)c56)nc3ccccc23)c1. The number of aryl methyl sites for hydroxylation is 1. The predicted octanol–water partition coefficient (Wildman–Crippen LogP) is 9.85. The first-order valence-electron chi connectivity index (χ1n) is 14.7. The molecule has 0 aliphatic rings. The van der Waals surface area contributed by atoms with Crippen LogP contribution in [0.3, 0.4) is 0 Å². The summed E-state index contributed by atoms with van der Waals surface area (Å²) in [6.45, 7) is 2.13. The molecule has 0 unspecified atom stereocenters. The molecule has 6 aromatic carbocycles. The molecule has 0 aliphatic carbocycles. The van der Waals surface area contributed by atoms with Gasteiger partial charge in [0.2, 0.25) is 5.95 Å². The molecular weight excluding hydrogens is 524 g/mol. The minimum atomic E-state index is 0.684. The van der Waals surface area contributed by atoms with Crippen molar-refractivity contribution >= 4 is 70.8 Å². The fourth-order valence-electron chi connectivity index (χ4n) is 7.34. The van der Waals surface area contributed by atoms with Gasteiger partial charge in [-0.2, -0.15) is 0 Å². The van der Waals surface area contributed by atoms with Crippen LogP contribution in [0.15, 0.2) is 127 Å². The third-order valence-corrected chi connectivity index (χ3v) is 9.09. The fraction of sp³-hybridized carbons (Fsp3) is 0.0256. The van der Waals surface area contributed by atoms with Crippen molar-refractivity contribution in [1.82, 2.24) is 18.9 Å². The van der Waals surface area contributed by atoms with Gasteiger partial charge in [-0.3, -0.25) is 4.57 Å². The van der Waals surface area contributed by atoms with Crippen LogP contribution in [0, 0.1) is 6.92 Å². The van der Waals surface area contributed by atoms with Gasteiger partial charge >= 0.3 is 0 Å². The van der Waals surface area contributed by atoms with Crippen LogP contribution >= 0.6 is 0 Å². The molecule has 0 saturated heterocycles. The van der Waals surface area contributed by atoms with Gasteiger partial charge in [0.25, 0.3) is 0 Å². The lowest BCUT2D eigenvalue weighted by Gasteiger charge is -2.12. The van der Waals surface area contributed by atoms with Gasteiger partial charge in [0, 0.05) is 43.3 Å². The minimum Gasteiger partial charge on any atom is -0.308 e. The normalized spacial score (nSPS) is 12.3. The van der Waals surface area contributed by atoms with Crippen molar-refractivity contribution in [3.63, 3.8) is 0 Å². The maximum absolute atomic E-state index is 5.37. The summed E-state index contributed by atoms with van der Waals surface area (Å²) in [5, 5.41) is 8.49. The Morgan fingerprint density at radius 2 is 1.12 bits per heavy atom. The molecule has 0 bridgehead atoms. The Morgan fingerprint density at radius 3 is 1.91 bits per heavy atom. The molecule has 0 spiro atoms. The van der Waals surface area contributed by atoms with Gasteiger partial charge in [0.1, 0.15) is 0 Å². The molecule has 0 radical (unpaired) electrons. The van der Waals surface area contributed by atoms with Gasteiger partial charge in [-0.1, -0.05) is 96.6 Å². The molecule has 0 N–H and O–H groups in total. The fourth-order valence-corrected chi connectivity index (χ4v) is 7.34. The van der Waals surface area contributed by atoms with Gasteiger partial charge in [-0.25, -0.2) is 9.97 Å². The van der Waals surface area contributed by atoms with Crippen LogP contribution in [-0.2, 0) is 0 Å². The van der Waals surface area contributed by atoms with Crippen LogP contribution in [0.2, 0.25) is 0 Å². The first-order chi connectivity index (χ1) is 21.3. The van der Waals surface area contributed by atoms with Gasteiger partial charge in [-0.15, -0.1) is 0 Å². The molecule has 0 aliphatic heterocycles. The Bertz CT molecular complexity index is 2740. The predicted molar refractivity (Wildman–Crippen MR) is 179 cm³/mol. The van der Waals surface area contributed by atoms with Crippen LogP contribution in [0.4, 0.5) is 0 Å². The highest BCUT2D eigenvalue weighted by molar-refractivity contribution is 6.34. The second-order valence-corrected chi connectivity index (χ2v) is 11.5. The Hall–Kier alpha value is -5.74. The average molecular weight is 549 g/mol. The number of hydrogen-bond donors (Lipinski definition) is 0. The number of hydrogen-bond acceptors (Lipinski definition) is 2. The zero-order valence-electron chi connectivity index (χ0n) is 23.4. The first kappa shape index (κ1) is 22.9. The number of rotatable bonds is 2. The monoisotopic (exact) mass is 548 g/mol. The van der Waals surface area contributed by atoms with E-state index in [1.165, 1.54) is 54.4 Å². The lowest BCUT2D eigenvalue weighted by molar-refractivity contribution is 1.02. The van der Waals surface area contributed by atoms with Crippen molar-refractivity contribution in [2.45, 2.75) is 6.92 Å². The zero-order chi connectivity index (χ0) is 28.2. The molecule has 0 fully saturated rings. The Morgan fingerprint density at radius 1 is 0.488 bits per heavy atom. The summed E-state index contributed by atoms with van der Waals surface area (Å²) in [7, 11) is 0. The highest BCUT2D eigenvalue weighted by Gasteiger charge is 2.25. The number of nitrogens with zero attached hydrogens (tertiary/aromatic N) is 4. The van der Waals surface area contributed by atoms with E-state index in [-0.39, 0.29) is 0 Å². The summed E-state index contributed by atoms with van der Waals surface area (Å²) >= 11 is 0. The summed E-state index contributed by atoms with van der Waals surface area (Å²) in [6.07, 6.45) is 0. The lowest BCUT2D eigenvalue weighted by atomic mass is 10.0. The van der Waals surface area contributed by atoms with Gasteiger partial charge in [0.05, 0.1) is 38.8 Å². The van der Waals surface area contributed by atoms with Gasteiger partial charge < -0.3 is 4.40 Å². The quantitative estimate of drug-likeness (QED) is 0.215. The first-order valence-corrected chi connectivity index (χ1v) is 14.7. The van der Waals surface area contributed by atoms with Crippen LogP contribution in [0.25, 0.3) is 88.0 Å². The Labute approximate surface area is 246 Å². The lowest BCUT2D eigenvalue weighted by Crippen LogP contribution is -2.03. The van der Waals surface area contributed by atoms with E-state index in [0.717, 1.165) is 33.2 Å². The Balaban J connectivity index is 1.46. The molecule has 10 rings (SSSR count). The third-order valence-electron chi connectivity index (χ3n) is 9.09. The van der Waals surface area contributed by atoms with E-state index in [1.807, 2.05) is 0 Å². The largest absolute Gasteiger partial charge is 0.308 e. The zero-order valence-corrected chi connectivity index (χ0v) is 23.4. The van der Waals surface area contributed by atoms with Crippen LogP contribution < -0.4 is 0 Å². The molecule has 0 atom stereocenters. The molecular formula is C39H24N4. The summed E-state index contributed by atoms with van der Waals surface area (Å²) in [4.78, 5) is 10.6. The highest BCUT2D eigenvalue weighted by Crippen LogP contribution is 2.46. The second-order valence-electron chi connectivity index (χ2n) is 11.5. The minimum absolute atomic E-state index is 0.684. The summed E-state index contributed by atoms with van der Waals surface area (Å²) in [5.41, 5.74) is 10.1. The third kappa shape index (κ3) is 2.94. The number of benzene rings is 6. The van der Waals surface area contributed by atoms with Crippen molar-refractivity contribution in [3.05, 3.63) is 133 Å². The van der Waals surface area contributed by atoms with Gasteiger partial charge in [0.15, 0.2) is 0 Å². The van der Waals surface area contributed by atoms with Crippen molar-refractivity contribution < 1.29 is 0 Å². The topological polar surface area (TPSA) is 35.1 Å². The van der Waals surface area contributed by atoms with Crippen molar-refractivity contribution in [2.24, 2.45) is 0 Å². The van der Waals surface area contributed by atoms with Crippen molar-refractivity contribution in [3.8, 4) is 17.2 Å². The molecule has 4 aromatic heterocycles. The van der Waals surface area contributed by atoms with E-state index in [2.05, 4.69) is 143 Å². The molecule has 0 saturated carbocycles. The van der Waals surface area contributed by atoms with Gasteiger partial charge in [-0.05, 0) is 43.3 Å². The Kier molecular flexibility index (Phi) is 4.35. The molecule has 0 amide bonds. The van der Waals surface area contributed by atoms with Crippen molar-refractivity contribution in [2.75, 3.05) is 0 Å². The highest BCUT2D eigenvalue weighted by atomic mass is 15.2. The molecule has 200 valence electrons. The maximum atomic E-state index is 5.37. The smallest absolute Gasteiger partial charge is 0.235 e. The molecule has 4 heteroatoms. The second kappa shape index (κ2) is 8.17. The number of para-hydroxylation sites is 4. The molecule has 4 heterocycles. The van der Waals surface area contributed by atoms with E-state index in [4.69, 9.17) is 9.97 Å². The van der Waals surface area contributed by atoms with Crippen molar-refractivity contribution in [1.29, 1.82) is 0 Å². The van der Waals surface area contributed by atoms with E-state index in [0.29, 0.717) is 5.95 Å². The van der Waals surface area contributed by atoms with E-state index in [1.54, 1.807) is 0 Å². The average Bonchev–Trinajstić information content (AvgIpc) is 3.69. The molecule has 43 heavy (non-hydrogen) atoms. The van der Waals surface area contributed by atoms with E-state index < -0.39 is 0 Å². The number of fused-ring (bicyclic) bond motifs is 11. The standard InChI is InChI=1S/C39H24N4/c1-23-11-10-12-24(21-23)36-27-15-2-6-17-31(27)40-39(41-36)43-33-19-8-4-14-26(33)30-22-29-25-13-3-7-18-32(25)42-34-20-9-5-16-28(34)35(37(29)42)38(30)43/h2-22H,1H3.